The second-order valence-corrected chi connectivity index (χ2v) is 8.13. The van der Waals surface area contributed by atoms with Crippen LogP contribution in [0.15, 0.2) is 59.5 Å². The van der Waals surface area contributed by atoms with Gasteiger partial charge in [-0.3, -0.25) is 4.79 Å². The molecule has 0 aliphatic rings. The summed E-state index contributed by atoms with van der Waals surface area (Å²) >= 11 is 0. The number of rotatable bonds is 8. The molecule has 1 amide bonds. The molecule has 2 aromatic carbocycles. The molecule has 0 aliphatic carbocycles. The van der Waals surface area contributed by atoms with Gasteiger partial charge in [-0.2, -0.15) is 4.31 Å². The van der Waals surface area contributed by atoms with Crippen molar-refractivity contribution in [1.29, 1.82) is 0 Å². The van der Waals surface area contributed by atoms with Crippen molar-refractivity contribution in [2.75, 3.05) is 13.1 Å². The van der Waals surface area contributed by atoms with Gasteiger partial charge in [-0.1, -0.05) is 55.8 Å². The molecule has 0 heterocycles. The van der Waals surface area contributed by atoms with Gasteiger partial charge in [0.05, 0.1) is 4.90 Å². The molecule has 144 valence electrons. The molecule has 0 bridgehead atoms. The summed E-state index contributed by atoms with van der Waals surface area (Å²) in [5.41, 5.74) is 2.97. The van der Waals surface area contributed by atoms with E-state index in [4.69, 9.17) is 0 Å². The third-order valence-electron chi connectivity index (χ3n) is 4.24. The van der Waals surface area contributed by atoms with Crippen LogP contribution in [-0.2, 0) is 21.4 Å². The molecule has 0 aromatic heterocycles. The van der Waals surface area contributed by atoms with E-state index in [1.807, 2.05) is 45.0 Å². The minimum absolute atomic E-state index is 0.199. The van der Waals surface area contributed by atoms with E-state index < -0.39 is 10.0 Å². The van der Waals surface area contributed by atoms with Gasteiger partial charge in [-0.15, -0.1) is 0 Å². The minimum Gasteiger partial charge on any atom is -0.348 e. The van der Waals surface area contributed by atoms with Gasteiger partial charge in [0.1, 0.15) is 0 Å². The van der Waals surface area contributed by atoms with Crippen LogP contribution >= 0.6 is 0 Å². The number of carbonyl (C=O) groups excluding carboxylic acids is 1. The maximum Gasteiger partial charge on any atom is 0.244 e. The van der Waals surface area contributed by atoms with Crippen LogP contribution in [0.1, 0.15) is 30.5 Å². The number of nitrogens with one attached hydrogen (secondary N) is 1. The molecule has 0 spiro atoms. The standard InChI is InChI=1S/C21H26N2O3S/c1-4-23(5-2)27(25,26)20-13-10-19(11-14-20)16-22-21(24)15-12-18-8-6-17(3)7-9-18/h6-15H,4-5,16H2,1-3H3,(H,22,24)/b15-12+. The van der Waals surface area contributed by atoms with Crippen molar-refractivity contribution >= 4 is 22.0 Å². The van der Waals surface area contributed by atoms with Gasteiger partial charge >= 0.3 is 0 Å². The van der Waals surface area contributed by atoms with Gasteiger partial charge in [0, 0.05) is 25.7 Å². The number of carbonyl (C=O) groups is 1. The SMILES string of the molecule is CCN(CC)S(=O)(=O)c1ccc(CNC(=O)/C=C/c2ccc(C)cc2)cc1. The van der Waals surface area contributed by atoms with E-state index in [9.17, 15) is 13.2 Å². The molecule has 2 rings (SSSR count). The molecule has 1 N–H and O–H groups in total. The van der Waals surface area contributed by atoms with E-state index in [0.29, 0.717) is 19.6 Å². The van der Waals surface area contributed by atoms with Crippen molar-refractivity contribution < 1.29 is 13.2 Å². The summed E-state index contributed by atoms with van der Waals surface area (Å²) in [7, 11) is -3.46. The fraction of sp³-hybridized carbons (Fsp3) is 0.286. The Morgan fingerprint density at radius 3 is 2.15 bits per heavy atom. The summed E-state index contributed by atoms with van der Waals surface area (Å²) in [5, 5.41) is 2.80. The first-order valence-corrected chi connectivity index (χ1v) is 10.4. The number of amides is 1. The van der Waals surface area contributed by atoms with Crippen LogP contribution in [0.25, 0.3) is 6.08 Å². The first-order valence-electron chi connectivity index (χ1n) is 8.98. The number of aryl methyl sites for hydroxylation is 1. The molecular formula is C21H26N2O3S. The van der Waals surface area contributed by atoms with E-state index in [1.165, 1.54) is 15.9 Å². The summed E-state index contributed by atoms with van der Waals surface area (Å²) in [6, 6.07) is 14.5. The maximum absolute atomic E-state index is 12.5. The predicted octanol–water partition coefficient (Wildman–Crippen LogP) is 3.36. The van der Waals surface area contributed by atoms with Gasteiger partial charge in [0.25, 0.3) is 0 Å². The fourth-order valence-corrected chi connectivity index (χ4v) is 4.05. The lowest BCUT2D eigenvalue weighted by Crippen LogP contribution is -2.30. The van der Waals surface area contributed by atoms with Gasteiger partial charge in [0.2, 0.25) is 15.9 Å². The summed E-state index contributed by atoms with van der Waals surface area (Å²) in [6.45, 7) is 6.85. The molecular weight excluding hydrogens is 360 g/mol. The molecule has 2 aromatic rings. The van der Waals surface area contributed by atoms with Gasteiger partial charge in [-0.05, 0) is 36.3 Å². The van der Waals surface area contributed by atoms with E-state index in [0.717, 1.165) is 11.1 Å². The van der Waals surface area contributed by atoms with Crippen LogP contribution in [-0.4, -0.2) is 31.7 Å². The molecule has 0 unspecified atom stereocenters. The quantitative estimate of drug-likeness (QED) is 0.708. The first kappa shape index (κ1) is 20.9. The van der Waals surface area contributed by atoms with Crippen LogP contribution in [0.2, 0.25) is 0 Å². The lowest BCUT2D eigenvalue weighted by Gasteiger charge is -2.18. The maximum atomic E-state index is 12.5. The number of hydrogen-bond donors (Lipinski definition) is 1. The van der Waals surface area contributed by atoms with Crippen molar-refractivity contribution in [2.24, 2.45) is 0 Å². The Hall–Kier alpha value is -2.44. The summed E-state index contributed by atoms with van der Waals surface area (Å²) < 4.78 is 26.3. The Balaban J connectivity index is 1.94. The van der Waals surface area contributed by atoms with E-state index >= 15 is 0 Å². The van der Waals surface area contributed by atoms with Crippen LogP contribution < -0.4 is 5.32 Å². The molecule has 0 saturated carbocycles. The number of hydrogen-bond acceptors (Lipinski definition) is 3. The van der Waals surface area contributed by atoms with Gasteiger partial charge in [-0.25, -0.2) is 8.42 Å². The number of nitrogens with zero attached hydrogens (tertiary/aromatic N) is 1. The summed E-state index contributed by atoms with van der Waals surface area (Å²) in [6.07, 6.45) is 3.25. The molecule has 0 atom stereocenters. The second-order valence-electron chi connectivity index (χ2n) is 6.20. The highest BCUT2D eigenvalue weighted by molar-refractivity contribution is 7.89. The highest BCUT2D eigenvalue weighted by Crippen LogP contribution is 2.16. The van der Waals surface area contributed by atoms with Crippen LogP contribution in [0.3, 0.4) is 0 Å². The Kier molecular flexibility index (Phi) is 7.33. The highest BCUT2D eigenvalue weighted by atomic mass is 32.2. The highest BCUT2D eigenvalue weighted by Gasteiger charge is 2.21. The van der Waals surface area contributed by atoms with Crippen LogP contribution in [0.5, 0.6) is 0 Å². The first-order chi connectivity index (χ1) is 12.9. The van der Waals surface area contributed by atoms with Crippen molar-refractivity contribution in [3.05, 3.63) is 71.3 Å². The summed E-state index contributed by atoms with van der Waals surface area (Å²) in [4.78, 5) is 12.2. The van der Waals surface area contributed by atoms with E-state index in [2.05, 4.69) is 5.32 Å². The van der Waals surface area contributed by atoms with E-state index in [-0.39, 0.29) is 10.8 Å². The van der Waals surface area contributed by atoms with E-state index in [1.54, 1.807) is 30.3 Å². The molecule has 6 heteroatoms. The Morgan fingerprint density at radius 1 is 1.00 bits per heavy atom. The third kappa shape index (κ3) is 5.77. The Labute approximate surface area is 161 Å². The number of benzene rings is 2. The minimum atomic E-state index is -3.46. The third-order valence-corrected chi connectivity index (χ3v) is 6.30. The fourth-order valence-electron chi connectivity index (χ4n) is 2.59. The van der Waals surface area contributed by atoms with Crippen molar-refractivity contribution in [3.63, 3.8) is 0 Å². The number of sulfonamides is 1. The largest absolute Gasteiger partial charge is 0.348 e. The normalized spacial score (nSPS) is 11.9. The molecule has 0 fully saturated rings. The topological polar surface area (TPSA) is 66.5 Å². The smallest absolute Gasteiger partial charge is 0.244 e. The zero-order chi connectivity index (χ0) is 19.9. The zero-order valence-corrected chi connectivity index (χ0v) is 16.8. The summed E-state index contributed by atoms with van der Waals surface area (Å²) in [5.74, 6) is -0.199. The lowest BCUT2D eigenvalue weighted by molar-refractivity contribution is -0.116. The zero-order valence-electron chi connectivity index (χ0n) is 16.0. The molecule has 0 radical (unpaired) electrons. The van der Waals surface area contributed by atoms with Crippen LogP contribution in [0, 0.1) is 6.92 Å². The van der Waals surface area contributed by atoms with Crippen LogP contribution in [0.4, 0.5) is 0 Å². The van der Waals surface area contributed by atoms with Gasteiger partial charge in [0.15, 0.2) is 0 Å². The second kappa shape index (κ2) is 9.48. The van der Waals surface area contributed by atoms with Crippen molar-refractivity contribution in [3.8, 4) is 0 Å². The molecule has 0 aliphatic heterocycles. The Morgan fingerprint density at radius 2 is 1.59 bits per heavy atom. The monoisotopic (exact) mass is 386 g/mol. The molecule has 0 saturated heterocycles. The Bertz CT molecular complexity index is 882. The predicted molar refractivity (Wildman–Crippen MR) is 109 cm³/mol. The lowest BCUT2D eigenvalue weighted by atomic mass is 10.1. The average Bonchev–Trinajstić information content (AvgIpc) is 2.67. The van der Waals surface area contributed by atoms with Crippen molar-refractivity contribution in [1.82, 2.24) is 9.62 Å². The van der Waals surface area contributed by atoms with Gasteiger partial charge < -0.3 is 5.32 Å². The van der Waals surface area contributed by atoms with Crippen molar-refractivity contribution in [2.45, 2.75) is 32.2 Å². The molecule has 5 nitrogen and oxygen atoms in total. The average molecular weight is 387 g/mol. The molecule has 27 heavy (non-hydrogen) atoms.